The number of rotatable bonds is 5. The van der Waals surface area contributed by atoms with Crippen LogP contribution in [-0.4, -0.2) is 5.75 Å². The maximum atomic E-state index is 14.0. The monoisotopic (exact) mass is 372 g/mol. The lowest BCUT2D eigenvalue weighted by atomic mass is 10.1. The zero-order chi connectivity index (χ0) is 15.4. The molecule has 3 N–H and O–H groups in total. The zero-order valence-corrected chi connectivity index (χ0v) is 13.8. The van der Waals surface area contributed by atoms with Crippen molar-refractivity contribution in [1.29, 1.82) is 0 Å². The number of nitrogens with two attached hydrogens (primary N) is 1. The molecule has 2 aromatic rings. The molecule has 21 heavy (non-hydrogen) atoms. The highest BCUT2D eigenvalue weighted by Gasteiger charge is 2.19. The predicted molar refractivity (Wildman–Crippen MR) is 86.0 cm³/mol. The van der Waals surface area contributed by atoms with Gasteiger partial charge in [0.15, 0.2) is 11.6 Å². The van der Waals surface area contributed by atoms with Gasteiger partial charge in [0.05, 0.1) is 6.04 Å². The molecule has 0 heterocycles. The number of hydrogen-bond acceptors (Lipinski definition) is 3. The van der Waals surface area contributed by atoms with Crippen LogP contribution in [0.1, 0.15) is 17.2 Å². The third-order valence-corrected chi connectivity index (χ3v) is 5.24. The summed E-state index contributed by atoms with van der Waals surface area (Å²) < 4.78 is 28.6. The van der Waals surface area contributed by atoms with Crippen molar-refractivity contribution in [3.05, 3.63) is 63.6 Å². The number of hydrazine groups is 1. The Morgan fingerprint density at radius 3 is 2.57 bits per heavy atom. The third kappa shape index (κ3) is 3.83. The van der Waals surface area contributed by atoms with Gasteiger partial charge in [0.2, 0.25) is 0 Å². The zero-order valence-electron chi connectivity index (χ0n) is 11.4. The summed E-state index contributed by atoms with van der Waals surface area (Å²) in [5, 5.41) is 0. The molecule has 1 unspecified atom stereocenters. The summed E-state index contributed by atoms with van der Waals surface area (Å²) in [7, 11) is 0. The first-order valence-corrected chi connectivity index (χ1v) is 8.10. The molecule has 0 spiro atoms. The van der Waals surface area contributed by atoms with Gasteiger partial charge in [-0.25, -0.2) is 8.78 Å². The molecule has 1 atom stereocenters. The Labute approximate surface area is 135 Å². The second kappa shape index (κ2) is 7.35. The van der Waals surface area contributed by atoms with Crippen molar-refractivity contribution in [2.75, 3.05) is 5.75 Å². The lowest BCUT2D eigenvalue weighted by Crippen LogP contribution is -2.30. The van der Waals surface area contributed by atoms with Gasteiger partial charge in [0.1, 0.15) is 0 Å². The molecule has 6 heteroatoms. The largest absolute Gasteiger partial charge is 0.271 e. The summed E-state index contributed by atoms with van der Waals surface area (Å²) in [4.78, 5) is 1.02. The first kappa shape index (κ1) is 16.4. The van der Waals surface area contributed by atoms with E-state index in [4.69, 9.17) is 5.84 Å². The highest BCUT2D eigenvalue weighted by atomic mass is 79.9. The summed E-state index contributed by atoms with van der Waals surface area (Å²) in [6, 6.07) is 10.4. The molecular formula is C15H15BrF2N2S. The topological polar surface area (TPSA) is 38.0 Å². The van der Waals surface area contributed by atoms with E-state index in [2.05, 4.69) is 21.4 Å². The molecule has 0 saturated heterocycles. The van der Waals surface area contributed by atoms with Gasteiger partial charge in [0.25, 0.3) is 0 Å². The van der Waals surface area contributed by atoms with Gasteiger partial charge in [-0.15, -0.1) is 11.8 Å². The first-order valence-electron chi connectivity index (χ1n) is 6.32. The van der Waals surface area contributed by atoms with Crippen LogP contribution >= 0.6 is 27.7 Å². The number of thioether (sulfide) groups is 1. The lowest BCUT2D eigenvalue weighted by molar-refractivity contribution is 0.474. The van der Waals surface area contributed by atoms with Crippen LogP contribution < -0.4 is 11.3 Å². The summed E-state index contributed by atoms with van der Waals surface area (Å²) in [6.07, 6.45) is 0. The van der Waals surface area contributed by atoms with Crippen molar-refractivity contribution >= 4 is 27.7 Å². The third-order valence-electron chi connectivity index (χ3n) is 3.12. The van der Waals surface area contributed by atoms with Crippen molar-refractivity contribution < 1.29 is 8.78 Å². The highest BCUT2D eigenvalue weighted by molar-refractivity contribution is 9.10. The van der Waals surface area contributed by atoms with Gasteiger partial charge in [-0.2, -0.15) is 0 Å². The molecule has 0 aliphatic rings. The van der Waals surface area contributed by atoms with Crippen LogP contribution in [0.5, 0.6) is 0 Å². The minimum absolute atomic E-state index is 0.236. The van der Waals surface area contributed by atoms with Gasteiger partial charge in [-0.05, 0) is 40.5 Å². The SMILES string of the molecule is Cc1ccc(C(CSc2ccccc2Br)NN)c(F)c1F. The van der Waals surface area contributed by atoms with Crippen LogP contribution in [0.15, 0.2) is 45.8 Å². The average Bonchev–Trinajstić information content (AvgIpc) is 2.49. The van der Waals surface area contributed by atoms with Crippen molar-refractivity contribution in [1.82, 2.24) is 5.43 Å². The Hall–Kier alpha value is -0.950. The average molecular weight is 373 g/mol. The van der Waals surface area contributed by atoms with E-state index in [9.17, 15) is 8.78 Å². The molecular weight excluding hydrogens is 358 g/mol. The Bertz CT molecular complexity index is 637. The molecule has 2 rings (SSSR count). The van der Waals surface area contributed by atoms with Gasteiger partial charge in [-0.3, -0.25) is 11.3 Å². The van der Waals surface area contributed by atoms with Crippen molar-refractivity contribution in [3.8, 4) is 0 Å². The van der Waals surface area contributed by atoms with Crippen molar-refractivity contribution in [2.24, 2.45) is 5.84 Å². The number of aryl methyl sites for hydroxylation is 1. The molecule has 2 nitrogen and oxygen atoms in total. The summed E-state index contributed by atoms with van der Waals surface area (Å²) in [5.41, 5.74) is 3.07. The molecule has 0 saturated carbocycles. The molecule has 2 aromatic carbocycles. The fraction of sp³-hybridized carbons (Fsp3) is 0.200. The van der Waals surface area contributed by atoms with Crippen molar-refractivity contribution in [3.63, 3.8) is 0 Å². The number of nitrogens with one attached hydrogen (secondary N) is 1. The highest BCUT2D eigenvalue weighted by Crippen LogP contribution is 2.31. The molecule has 112 valence electrons. The normalized spacial score (nSPS) is 12.4. The Balaban J connectivity index is 2.18. The second-order valence-corrected chi connectivity index (χ2v) is 6.48. The van der Waals surface area contributed by atoms with Crippen LogP contribution in [0.2, 0.25) is 0 Å². The smallest absolute Gasteiger partial charge is 0.163 e. The number of halogens is 3. The summed E-state index contributed by atoms with van der Waals surface area (Å²) >= 11 is 4.97. The quantitative estimate of drug-likeness (QED) is 0.465. The van der Waals surface area contributed by atoms with E-state index in [-0.39, 0.29) is 11.1 Å². The number of benzene rings is 2. The molecule has 0 radical (unpaired) electrons. The Morgan fingerprint density at radius 1 is 1.19 bits per heavy atom. The minimum atomic E-state index is -0.842. The fourth-order valence-corrected chi connectivity index (χ4v) is 3.52. The maximum Gasteiger partial charge on any atom is 0.163 e. The van der Waals surface area contributed by atoms with Gasteiger partial charge in [0, 0.05) is 20.7 Å². The molecule has 0 amide bonds. The van der Waals surface area contributed by atoms with Gasteiger partial charge < -0.3 is 0 Å². The first-order chi connectivity index (χ1) is 10.0. The van der Waals surface area contributed by atoms with Gasteiger partial charge in [-0.1, -0.05) is 24.3 Å². The molecule has 0 bridgehead atoms. The second-order valence-electron chi connectivity index (χ2n) is 4.56. The van der Waals surface area contributed by atoms with Crippen LogP contribution in [0.4, 0.5) is 8.78 Å². The summed E-state index contributed by atoms with van der Waals surface area (Å²) in [5.74, 6) is 4.32. The summed E-state index contributed by atoms with van der Waals surface area (Å²) in [6.45, 7) is 1.53. The minimum Gasteiger partial charge on any atom is -0.271 e. The Kier molecular flexibility index (Phi) is 5.75. The lowest BCUT2D eigenvalue weighted by Gasteiger charge is -2.18. The van der Waals surface area contributed by atoms with E-state index in [0.717, 1.165) is 9.37 Å². The van der Waals surface area contributed by atoms with E-state index in [1.807, 2.05) is 24.3 Å². The van der Waals surface area contributed by atoms with Crippen LogP contribution in [0.3, 0.4) is 0 Å². The molecule has 0 aliphatic heterocycles. The van der Waals surface area contributed by atoms with E-state index in [1.54, 1.807) is 12.1 Å². The van der Waals surface area contributed by atoms with Crippen LogP contribution in [-0.2, 0) is 0 Å². The maximum absolute atomic E-state index is 14.0. The van der Waals surface area contributed by atoms with Crippen LogP contribution in [0.25, 0.3) is 0 Å². The van der Waals surface area contributed by atoms with Gasteiger partial charge >= 0.3 is 0 Å². The van der Waals surface area contributed by atoms with E-state index < -0.39 is 17.7 Å². The molecule has 0 fully saturated rings. The van der Waals surface area contributed by atoms with Crippen LogP contribution in [0, 0.1) is 18.6 Å². The predicted octanol–water partition coefficient (Wildman–Crippen LogP) is 4.33. The standard InChI is InChI=1S/C15H15BrF2N2S/c1-9-6-7-10(15(18)14(9)17)12(20-19)8-21-13-5-3-2-4-11(13)16/h2-7,12,20H,8,19H2,1H3. The fourth-order valence-electron chi connectivity index (χ4n) is 1.89. The molecule has 0 aliphatic carbocycles. The molecule has 0 aromatic heterocycles. The van der Waals surface area contributed by atoms with E-state index in [0.29, 0.717) is 5.75 Å². The Morgan fingerprint density at radius 2 is 1.90 bits per heavy atom. The van der Waals surface area contributed by atoms with Crippen molar-refractivity contribution in [2.45, 2.75) is 17.9 Å². The van der Waals surface area contributed by atoms with E-state index in [1.165, 1.54) is 18.7 Å². The van der Waals surface area contributed by atoms with E-state index >= 15 is 0 Å². The number of hydrogen-bond donors (Lipinski definition) is 2.